The number of hydrogen-bond donors (Lipinski definition) is 0. The predicted molar refractivity (Wildman–Crippen MR) is 102 cm³/mol. The number of carbonyl (C=O) groups is 2. The van der Waals surface area contributed by atoms with Crippen LogP contribution in [0.4, 0.5) is 0 Å². The van der Waals surface area contributed by atoms with Crippen molar-refractivity contribution in [2.24, 2.45) is 0 Å². The SMILES string of the molecule is CCCCCN1C(=O)C(C#N)=C(C)/C(=C\c2ccc(OC)c(OC)c2)C1=O. The van der Waals surface area contributed by atoms with Crippen LogP contribution >= 0.6 is 0 Å². The van der Waals surface area contributed by atoms with E-state index < -0.39 is 5.91 Å². The minimum Gasteiger partial charge on any atom is -0.493 e. The van der Waals surface area contributed by atoms with Gasteiger partial charge in [0.25, 0.3) is 11.8 Å². The van der Waals surface area contributed by atoms with Crippen LogP contribution in [0.1, 0.15) is 38.7 Å². The highest BCUT2D eigenvalue weighted by atomic mass is 16.5. The first-order chi connectivity index (χ1) is 13.0. The molecule has 0 unspecified atom stereocenters. The fourth-order valence-electron chi connectivity index (χ4n) is 2.96. The number of ether oxygens (including phenoxy) is 2. The van der Waals surface area contributed by atoms with Gasteiger partial charge in [-0.05, 0) is 42.7 Å². The molecular formula is C21H24N2O4. The lowest BCUT2D eigenvalue weighted by molar-refractivity contribution is -0.140. The predicted octanol–water partition coefficient (Wildman–Crippen LogP) is 3.49. The Labute approximate surface area is 159 Å². The zero-order valence-electron chi connectivity index (χ0n) is 16.2. The molecule has 2 amide bonds. The van der Waals surface area contributed by atoms with Gasteiger partial charge in [0.2, 0.25) is 0 Å². The molecule has 0 saturated heterocycles. The second kappa shape index (κ2) is 9.04. The van der Waals surface area contributed by atoms with Crippen molar-refractivity contribution in [1.29, 1.82) is 5.26 Å². The molecule has 1 aliphatic heterocycles. The van der Waals surface area contributed by atoms with Crippen LogP contribution in [0.5, 0.6) is 11.5 Å². The van der Waals surface area contributed by atoms with Crippen molar-refractivity contribution in [2.75, 3.05) is 20.8 Å². The summed E-state index contributed by atoms with van der Waals surface area (Å²) in [5.74, 6) is 0.229. The number of carbonyl (C=O) groups excluding carboxylic acids is 2. The highest BCUT2D eigenvalue weighted by molar-refractivity contribution is 6.19. The van der Waals surface area contributed by atoms with Gasteiger partial charge in [0, 0.05) is 12.1 Å². The summed E-state index contributed by atoms with van der Waals surface area (Å²) in [7, 11) is 3.08. The van der Waals surface area contributed by atoms with Gasteiger partial charge in [-0.15, -0.1) is 0 Å². The third-order valence-corrected chi connectivity index (χ3v) is 4.53. The highest BCUT2D eigenvalue weighted by Crippen LogP contribution is 2.31. The van der Waals surface area contributed by atoms with Crippen molar-refractivity contribution in [1.82, 2.24) is 4.90 Å². The van der Waals surface area contributed by atoms with Crippen molar-refractivity contribution in [3.63, 3.8) is 0 Å². The summed E-state index contributed by atoms with van der Waals surface area (Å²) in [5, 5.41) is 9.41. The number of hydrogen-bond acceptors (Lipinski definition) is 5. The molecule has 0 fully saturated rings. The fourth-order valence-corrected chi connectivity index (χ4v) is 2.96. The Balaban J connectivity index is 2.48. The summed E-state index contributed by atoms with van der Waals surface area (Å²) in [6, 6.07) is 7.23. The molecule has 1 aromatic carbocycles. The summed E-state index contributed by atoms with van der Waals surface area (Å²) in [5.41, 5.74) is 1.47. The molecule has 0 N–H and O–H groups in total. The summed E-state index contributed by atoms with van der Waals surface area (Å²) < 4.78 is 10.5. The molecule has 1 aromatic rings. The number of nitrogens with zero attached hydrogens (tertiary/aromatic N) is 2. The third-order valence-electron chi connectivity index (χ3n) is 4.53. The lowest BCUT2D eigenvalue weighted by atomic mass is 9.93. The maximum atomic E-state index is 12.9. The molecule has 0 aromatic heterocycles. The van der Waals surface area contributed by atoms with E-state index in [0.717, 1.165) is 24.8 Å². The Bertz CT molecular complexity index is 846. The first-order valence-electron chi connectivity index (χ1n) is 8.89. The van der Waals surface area contributed by atoms with Crippen molar-refractivity contribution in [3.05, 3.63) is 40.5 Å². The van der Waals surface area contributed by atoms with Crippen LogP contribution in [0.3, 0.4) is 0 Å². The molecule has 0 spiro atoms. The van der Waals surface area contributed by atoms with Crippen LogP contribution in [-0.2, 0) is 9.59 Å². The first-order valence-corrected chi connectivity index (χ1v) is 8.89. The Kier molecular flexibility index (Phi) is 6.78. The van der Waals surface area contributed by atoms with Crippen molar-refractivity contribution in [3.8, 4) is 17.6 Å². The molecule has 0 radical (unpaired) electrons. The second-order valence-corrected chi connectivity index (χ2v) is 6.25. The number of imide groups is 1. The van der Waals surface area contributed by atoms with E-state index in [0.29, 0.717) is 29.2 Å². The monoisotopic (exact) mass is 368 g/mol. The van der Waals surface area contributed by atoms with Crippen molar-refractivity contribution in [2.45, 2.75) is 33.1 Å². The van der Waals surface area contributed by atoms with Gasteiger partial charge in [0.15, 0.2) is 11.5 Å². The molecule has 1 aliphatic rings. The number of amides is 2. The van der Waals surface area contributed by atoms with Gasteiger partial charge in [-0.1, -0.05) is 25.8 Å². The minimum absolute atomic E-state index is 0.0119. The lowest BCUT2D eigenvalue weighted by Crippen LogP contribution is -2.43. The van der Waals surface area contributed by atoms with Crippen molar-refractivity contribution < 1.29 is 19.1 Å². The molecule has 142 valence electrons. The van der Waals surface area contributed by atoms with Crippen LogP contribution in [0, 0.1) is 11.3 Å². The molecule has 0 saturated carbocycles. The van der Waals surface area contributed by atoms with Crippen LogP contribution in [0.15, 0.2) is 34.9 Å². The van der Waals surface area contributed by atoms with E-state index >= 15 is 0 Å². The van der Waals surface area contributed by atoms with Gasteiger partial charge in [0.1, 0.15) is 11.6 Å². The third kappa shape index (κ3) is 4.20. The number of benzene rings is 1. The van der Waals surface area contributed by atoms with E-state index in [4.69, 9.17) is 9.47 Å². The summed E-state index contributed by atoms with van der Waals surface area (Å²) in [6.07, 6.45) is 4.28. The Morgan fingerprint density at radius 1 is 1.11 bits per heavy atom. The minimum atomic E-state index is -0.513. The van der Waals surface area contributed by atoms with Crippen LogP contribution in [0.2, 0.25) is 0 Å². The average Bonchev–Trinajstić information content (AvgIpc) is 2.68. The molecule has 6 heteroatoms. The molecule has 0 aliphatic carbocycles. The van der Waals surface area contributed by atoms with Crippen LogP contribution < -0.4 is 9.47 Å². The molecule has 27 heavy (non-hydrogen) atoms. The molecule has 0 atom stereocenters. The number of methoxy groups -OCH3 is 2. The van der Waals surface area contributed by atoms with Gasteiger partial charge in [0.05, 0.1) is 14.2 Å². The Morgan fingerprint density at radius 2 is 1.81 bits per heavy atom. The maximum Gasteiger partial charge on any atom is 0.271 e. The van der Waals surface area contributed by atoms with Crippen LogP contribution in [-0.4, -0.2) is 37.5 Å². The standard InChI is InChI=1S/C21H24N2O4/c1-5-6-7-10-23-20(24)16(14(2)17(13-22)21(23)25)11-15-8-9-18(26-3)19(12-15)27-4/h8-9,11-12H,5-7,10H2,1-4H3/b16-11+. The van der Waals surface area contributed by atoms with Crippen molar-refractivity contribution >= 4 is 17.9 Å². The lowest BCUT2D eigenvalue weighted by Gasteiger charge is -2.27. The van der Waals surface area contributed by atoms with Gasteiger partial charge in [-0.25, -0.2) is 0 Å². The van der Waals surface area contributed by atoms with E-state index in [2.05, 4.69) is 0 Å². The fraction of sp³-hybridized carbons (Fsp3) is 0.381. The Morgan fingerprint density at radius 3 is 2.41 bits per heavy atom. The molecule has 1 heterocycles. The molecular weight excluding hydrogens is 344 g/mol. The molecule has 2 rings (SSSR count). The number of rotatable bonds is 7. The normalized spacial score (nSPS) is 16.0. The Hall–Kier alpha value is -3.07. The maximum absolute atomic E-state index is 12.9. The van der Waals surface area contributed by atoms with Crippen LogP contribution in [0.25, 0.3) is 6.08 Å². The summed E-state index contributed by atoms with van der Waals surface area (Å²) >= 11 is 0. The first kappa shape index (κ1) is 20.2. The van der Waals surface area contributed by atoms with Gasteiger partial charge in [-0.2, -0.15) is 5.26 Å². The smallest absolute Gasteiger partial charge is 0.271 e. The topological polar surface area (TPSA) is 79.6 Å². The van der Waals surface area contributed by atoms with Gasteiger partial charge in [-0.3, -0.25) is 14.5 Å². The summed E-state index contributed by atoms with van der Waals surface area (Å²) in [4.78, 5) is 26.6. The largest absolute Gasteiger partial charge is 0.493 e. The summed E-state index contributed by atoms with van der Waals surface area (Å²) in [6.45, 7) is 3.99. The molecule has 0 bridgehead atoms. The van der Waals surface area contributed by atoms with Gasteiger partial charge >= 0.3 is 0 Å². The van der Waals surface area contributed by atoms with E-state index in [1.807, 2.05) is 13.0 Å². The second-order valence-electron chi connectivity index (χ2n) is 6.25. The zero-order valence-corrected chi connectivity index (χ0v) is 16.2. The number of nitriles is 1. The molecule has 6 nitrogen and oxygen atoms in total. The average molecular weight is 368 g/mol. The quantitative estimate of drug-likeness (QED) is 0.418. The van der Waals surface area contributed by atoms with E-state index in [-0.39, 0.29) is 11.5 Å². The number of unbranched alkanes of at least 4 members (excludes halogenated alkanes) is 2. The van der Waals surface area contributed by atoms with Gasteiger partial charge < -0.3 is 9.47 Å². The highest BCUT2D eigenvalue weighted by Gasteiger charge is 2.34. The van der Waals surface area contributed by atoms with E-state index in [9.17, 15) is 14.9 Å². The zero-order chi connectivity index (χ0) is 20.0. The van der Waals surface area contributed by atoms with E-state index in [1.54, 1.807) is 38.3 Å². The van der Waals surface area contributed by atoms with E-state index in [1.165, 1.54) is 12.0 Å².